The van der Waals surface area contributed by atoms with Crippen LogP contribution in [-0.2, 0) is 6.42 Å². The van der Waals surface area contributed by atoms with Gasteiger partial charge in [-0.25, -0.2) is 0 Å². The van der Waals surface area contributed by atoms with E-state index >= 15 is 0 Å². The lowest BCUT2D eigenvalue weighted by Crippen LogP contribution is -1.91. The summed E-state index contributed by atoms with van der Waals surface area (Å²) in [6.45, 7) is 2.29. The first kappa shape index (κ1) is 20.9. The van der Waals surface area contributed by atoms with Crippen molar-refractivity contribution in [1.29, 1.82) is 0 Å². The maximum atomic E-state index is 4.77. The van der Waals surface area contributed by atoms with Gasteiger partial charge in [0.15, 0.2) is 0 Å². The van der Waals surface area contributed by atoms with Crippen LogP contribution in [0, 0.1) is 0 Å². The number of rotatable bonds is 15. The molecular formula is C25H39N. The number of unbranched alkanes of at least 4 members (excludes halogenated alkanes) is 13. The summed E-state index contributed by atoms with van der Waals surface area (Å²) in [6.07, 6.45) is 21.0. The van der Waals surface area contributed by atoms with Gasteiger partial charge in [-0.3, -0.25) is 4.98 Å². The highest BCUT2D eigenvalue weighted by atomic mass is 14.7. The second-order valence-corrected chi connectivity index (χ2v) is 7.84. The van der Waals surface area contributed by atoms with Crippen LogP contribution in [0.1, 0.15) is 103 Å². The Morgan fingerprint density at radius 3 is 1.73 bits per heavy atom. The number of benzene rings is 1. The van der Waals surface area contributed by atoms with Crippen LogP contribution in [0.4, 0.5) is 0 Å². The van der Waals surface area contributed by atoms with Gasteiger partial charge in [0, 0.05) is 11.1 Å². The Hall–Kier alpha value is -1.37. The van der Waals surface area contributed by atoms with E-state index in [-0.39, 0.29) is 0 Å². The Morgan fingerprint density at radius 1 is 0.577 bits per heavy atom. The quantitative estimate of drug-likeness (QED) is 0.294. The average molecular weight is 354 g/mol. The van der Waals surface area contributed by atoms with Gasteiger partial charge >= 0.3 is 0 Å². The molecule has 0 atom stereocenters. The topological polar surface area (TPSA) is 12.9 Å². The summed E-state index contributed by atoms with van der Waals surface area (Å²) in [4.78, 5) is 4.77. The van der Waals surface area contributed by atoms with Gasteiger partial charge in [-0.2, -0.15) is 0 Å². The minimum Gasteiger partial charge on any atom is -0.253 e. The molecule has 0 N–H and O–H groups in total. The van der Waals surface area contributed by atoms with Crippen molar-refractivity contribution in [3.63, 3.8) is 0 Å². The molecule has 0 saturated carbocycles. The third-order valence-corrected chi connectivity index (χ3v) is 5.44. The number of para-hydroxylation sites is 1. The summed E-state index contributed by atoms with van der Waals surface area (Å²) in [5.74, 6) is 0. The van der Waals surface area contributed by atoms with Crippen molar-refractivity contribution in [2.45, 2.75) is 103 Å². The number of pyridine rings is 1. The van der Waals surface area contributed by atoms with E-state index in [2.05, 4.69) is 43.3 Å². The number of hydrogen-bond acceptors (Lipinski definition) is 1. The van der Waals surface area contributed by atoms with E-state index in [4.69, 9.17) is 4.98 Å². The van der Waals surface area contributed by atoms with Gasteiger partial charge in [0.2, 0.25) is 0 Å². The Labute approximate surface area is 161 Å². The highest BCUT2D eigenvalue weighted by Crippen LogP contribution is 2.15. The molecule has 0 spiro atoms. The van der Waals surface area contributed by atoms with Crippen molar-refractivity contribution in [3.05, 3.63) is 42.1 Å². The molecule has 1 nitrogen and oxygen atoms in total. The molecule has 2 rings (SSSR count). The van der Waals surface area contributed by atoms with Crippen LogP contribution in [0.15, 0.2) is 36.4 Å². The maximum absolute atomic E-state index is 4.77. The first-order chi connectivity index (χ1) is 12.9. The van der Waals surface area contributed by atoms with Gasteiger partial charge in [0.05, 0.1) is 5.52 Å². The summed E-state index contributed by atoms with van der Waals surface area (Å²) in [5.41, 5.74) is 2.39. The molecular weight excluding hydrogens is 314 g/mol. The molecule has 0 bridgehead atoms. The van der Waals surface area contributed by atoms with Crippen molar-refractivity contribution in [1.82, 2.24) is 4.98 Å². The molecule has 1 heterocycles. The number of fused-ring (bicyclic) bond motifs is 1. The molecule has 0 aliphatic rings. The third-order valence-electron chi connectivity index (χ3n) is 5.44. The van der Waals surface area contributed by atoms with Gasteiger partial charge in [-0.1, -0.05) is 115 Å². The van der Waals surface area contributed by atoms with Gasteiger partial charge in [-0.15, -0.1) is 0 Å². The molecule has 1 aromatic heterocycles. The van der Waals surface area contributed by atoms with Crippen molar-refractivity contribution >= 4 is 10.9 Å². The highest BCUT2D eigenvalue weighted by Gasteiger charge is 1.99. The number of hydrogen-bond donors (Lipinski definition) is 0. The molecule has 0 aliphatic heterocycles. The Bertz CT molecular complexity index is 589. The van der Waals surface area contributed by atoms with Crippen LogP contribution in [-0.4, -0.2) is 4.98 Å². The molecule has 1 aromatic carbocycles. The summed E-state index contributed by atoms with van der Waals surface area (Å²) in [7, 11) is 0. The summed E-state index contributed by atoms with van der Waals surface area (Å²) < 4.78 is 0. The number of aryl methyl sites for hydroxylation is 1. The Morgan fingerprint density at radius 2 is 1.12 bits per heavy atom. The molecule has 0 unspecified atom stereocenters. The van der Waals surface area contributed by atoms with Crippen LogP contribution >= 0.6 is 0 Å². The first-order valence-corrected chi connectivity index (χ1v) is 11.2. The van der Waals surface area contributed by atoms with Crippen LogP contribution in [0.3, 0.4) is 0 Å². The fraction of sp³-hybridized carbons (Fsp3) is 0.640. The second-order valence-electron chi connectivity index (χ2n) is 7.84. The largest absolute Gasteiger partial charge is 0.253 e. The van der Waals surface area contributed by atoms with Crippen LogP contribution in [0.25, 0.3) is 10.9 Å². The Balaban J connectivity index is 1.40. The molecule has 0 aliphatic carbocycles. The molecule has 0 fully saturated rings. The van der Waals surface area contributed by atoms with Crippen molar-refractivity contribution in [2.24, 2.45) is 0 Å². The van der Waals surface area contributed by atoms with Crippen LogP contribution in [0.5, 0.6) is 0 Å². The van der Waals surface area contributed by atoms with E-state index in [0.29, 0.717) is 0 Å². The second kappa shape index (κ2) is 13.8. The van der Waals surface area contributed by atoms with E-state index in [9.17, 15) is 0 Å². The van der Waals surface area contributed by atoms with E-state index < -0.39 is 0 Å². The zero-order valence-corrected chi connectivity index (χ0v) is 17.0. The van der Waals surface area contributed by atoms with Gasteiger partial charge in [0.1, 0.15) is 0 Å². The van der Waals surface area contributed by atoms with E-state index in [0.717, 1.165) is 11.9 Å². The zero-order valence-electron chi connectivity index (χ0n) is 17.0. The van der Waals surface area contributed by atoms with Crippen molar-refractivity contribution in [3.8, 4) is 0 Å². The fourth-order valence-electron chi connectivity index (χ4n) is 3.75. The van der Waals surface area contributed by atoms with Gasteiger partial charge in [0.25, 0.3) is 0 Å². The molecule has 0 saturated heterocycles. The normalized spacial score (nSPS) is 11.3. The molecule has 0 amide bonds. The highest BCUT2D eigenvalue weighted by molar-refractivity contribution is 5.78. The lowest BCUT2D eigenvalue weighted by atomic mass is 10.0. The predicted octanol–water partition coefficient (Wildman–Crippen LogP) is 8.26. The van der Waals surface area contributed by atoms with Crippen molar-refractivity contribution in [2.75, 3.05) is 0 Å². The molecule has 0 radical (unpaired) electrons. The molecule has 1 heteroatoms. The van der Waals surface area contributed by atoms with E-state index in [1.54, 1.807) is 0 Å². The third kappa shape index (κ3) is 8.83. The van der Waals surface area contributed by atoms with E-state index in [1.165, 1.54) is 101 Å². The van der Waals surface area contributed by atoms with Crippen LogP contribution in [0.2, 0.25) is 0 Å². The van der Waals surface area contributed by atoms with Gasteiger partial charge in [-0.05, 0) is 25.0 Å². The predicted molar refractivity (Wildman–Crippen MR) is 116 cm³/mol. The minimum absolute atomic E-state index is 1.13. The lowest BCUT2D eigenvalue weighted by molar-refractivity contribution is 0.535. The van der Waals surface area contributed by atoms with Gasteiger partial charge < -0.3 is 0 Å². The zero-order chi connectivity index (χ0) is 18.3. The monoisotopic (exact) mass is 353 g/mol. The molecule has 26 heavy (non-hydrogen) atoms. The number of nitrogens with zero attached hydrogens (tertiary/aromatic N) is 1. The maximum Gasteiger partial charge on any atom is 0.0705 e. The minimum atomic E-state index is 1.13. The average Bonchev–Trinajstić information content (AvgIpc) is 2.68. The number of aromatic nitrogens is 1. The summed E-state index contributed by atoms with van der Waals surface area (Å²) in [5, 5.41) is 1.25. The van der Waals surface area contributed by atoms with Crippen LogP contribution < -0.4 is 0 Å². The first-order valence-electron chi connectivity index (χ1n) is 11.2. The van der Waals surface area contributed by atoms with E-state index in [1.807, 2.05) is 0 Å². The fourth-order valence-corrected chi connectivity index (χ4v) is 3.75. The lowest BCUT2D eigenvalue weighted by Gasteiger charge is -2.04. The van der Waals surface area contributed by atoms with Crippen molar-refractivity contribution < 1.29 is 0 Å². The summed E-state index contributed by atoms with van der Waals surface area (Å²) >= 11 is 0. The Kier molecular flexibility index (Phi) is 11.1. The molecule has 144 valence electrons. The smallest absolute Gasteiger partial charge is 0.0705 e. The SMILES string of the molecule is CCCCCCCCCCCCCCCCc1ccc2ccccc2n1. The standard InChI is InChI=1S/C25H39N/c1-2-3-4-5-6-7-8-9-10-11-12-13-14-15-19-24-22-21-23-18-16-17-20-25(23)26-24/h16-18,20-22H,2-15,19H2,1H3. The summed E-state index contributed by atoms with van der Waals surface area (Å²) in [6, 6.07) is 12.8. The molecule has 2 aromatic rings.